The largest absolute Gasteiger partial charge is 0.310 e. The fourth-order valence-electron chi connectivity index (χ4n) is 10.2. The molecule has 0 radical (unpaired) electrons. The number of thiophene rings is 1. The van der Waals surface area contributed by atoms with Crippen molar-refractivity contribution in [1.29, 1.82) is 0 Å². The third-order valence-corrected chi connectivity index (χ3v) is 13.9. The van der Waals surface area contributed by atoms with Gasteiger partial charge in [-0.15, -0.1) is 11.3 Å². The van der Waals surface area contributed by atoms with Gasteiger partial charge in [0.1, 0.15) is 0 Å². The SMILES string of the molecule is C1=C(n2c3ccc(-c4ccccc4)cc3c3cc(-c4ccccc4)ccc32)C=C2C(C1)c1c(ccc3c1sc1ccccc13)C2(c1ccccc1)c1ccccc1. The lowest BCUT2D eigenvalue weighted by Crippen LogP contribution is -2.30. The summed E-state index contributed by atoms with van der Waals surface area (Å²) < 4.78 is 5.32. The third-order valence-electron chi connectivity index (χ3n) is 12.7. The molecular formula is C55H37NS. The summed E-state index contributed by atoms with van der Waals surface area (Å²) in [6.45, 7) is 0. The Labute approximate surface area is 336 Å². The lowest BCUT2D eigenvalue weighted by molar-refractivity contribution is 0.693. The Kier molecular flexibility index (Phi) is 7.21. The Morgan fingerprint density at radius 1 is 0.474 bits per heavy atom. The van der Waals surface area contributed by atoms with E-state index in [0.717, 1.165) is 6.42 Å². The number of fused-ring (bicyclic) bond motifs is 10. The van der Waals surface area contributed by atoms with Gasteiger partial charge in [-0.05, 0) is 92.9 Å². The van der Waals surface area contributed by atoms with Crippen molar-refractivity contribution in [2.24, 2.45) is 0 Å². The molecule has 10 aromatic rings. The molecule has 1 unspecified atom stereocenters. The maximum atomic E-state index is 2.57. The second-order valence-electron chi connectivity index (χ2n) is 15.5. The van der Waals surface area contributed by atoms with E-state index >= 15 is 0 Å². The van der Waals surface area contributed by atoms with Gasteiger partial charge in [0.2, 0.25) is 0 Å². The van der Waals surface area contributed by atoms with Gasteiger partial charge in [-0.1, -0.05) is 170 Å². The van der Waals surface area contributed by atoms with Crippen molar-refractivity contribution < 1.29 is 0 Å². The molecule has 268 valence electrons. The molecule has 0 amide bonds. The van der Waals surface area contributed by atoms with Crippen LogP contribution in [-0.2, 0) is 5.41 Å². The van der Waals surface area contributed by atoms with E-state index in [1.54, 1.807) is 0 Å². The van der Waals surface area contributed by atoms with E-state index in [9.17, 15) is 0 Å². The minimum atomic E-state index is -0.452. The van der Waals surface area contributed by atoms with Crippen LogP contribution >= 0.6 is 11.3 Å². The highest BCUT2D eigenvalue weighted by atomic mass is 32.1. The first-order valence-electron chi connectivity index (χ1n) is 19.9. The van der Waals surface area contributed by atoms with E-state index in [0.29, 0.717) is 0 Å². The molecule has 1 atom stereocenters. The van der Waals surface area contributed by atoms with Crippen molar-refractivity contribution in [2.45, 2.75) is 17.8 Å². The van der Waals surface area contributed by atoms with Crippen molar-refractivity contribution in [3.05, 3.63) is 234 Å². The van der Waals surface area contributed by atoms with Crippen molar-refractivity contribution in [3.63, 3.8) is 0 Å². The fraction of sp³-hybridized carbons (Fsp3) is 0.0545. The van der Waals surface area contributed by atoms with Crippen molar-refractivity contribution in [1.82, 2.24) is 4.57 Å². The molecular weight excluding hydrogens is 707 g/mol. The van der Waals surface area contributed by atoms with Crippen LogP contribution in [0.2, 0.25) is 0 Å². The van der Waals surface area contributed by atoms with Crippen LogP contribution in [0.25, 0.3) is 69.9 Å². The predicted molar refractivity (Wildman–Crippen MR) is 242 cm³/mol. The minimum absolute atomic E-state index is 0.239. The van der Waals surface area contributed by atoms with E-state index in [2.05, 4.69) is 211 Å². The number of aromatic nitrogens is 1. The van der Waals surface area contributed by atoms with E-state index < -0.39 is 5.41 Å². The van der Waals surface area contributed by atoms with Gasteiger partial charge in [0.15, 0.2) is 0 Å². The van der Waals surface area contributed by atoms with E-state index in [4.69, 9.17) is 0 Å². The third kappa shape index (κ3) is 4.75. The van der Waals surface area contributed by atoms with E-state index in [-0.39, 0.29) is 5.92 Å². The molecule has 2 aliphatic rings. The topological polar surface area (TPSA) is 4.93 Å². The second kappa shape index (κ2) is 12.6. The summed E-state index contributed by atoms with van der Waals surface area (Å²) in [6, 6.07) is 72.0. The van der Waals surface area contributed by atoms with Gasteiger partial charge in [-0.3, -0.25) is 0 Å². The van der Waals surface area contributed by atoms with Gasteiger partial charge in [-0.2, -0.15) is 0 Å². The van der Waals surface area contributed by atoms with Crippen molar-refractivity contribution >= 4 is 59.0 Å². The summed E-state index contributed by atoms with van der Waals surface area (Å²) >= 11 is 1.96. The number of allylic oxidation sites excluding steroid dienone is 4. The van der Waals surface area contributed by atoms with Crippen LogP contribution < -0.4 is 0 Å². The number of benzene rings is 8. The van der Waals surface area contributed by atoms with Crippen LogP contribution in [0.4, 0.5) is 0 Å². The van der Waals surface area contributed by atoms with Crippen LogP contribution in [0.1, 0.15) is 34.6 Å². The van der Waals surface area contributed by atoms with Gasteiger partial charge in [0, 0.05) is 42.6 Å². The molecule has 0 fully saturated rings. The Bertz CT molecular complexity index is 3100. The van der Waals surface area contributed by atoms with Gasteiger partial charge in [-0.25, -0.2) is 0 Å². The van der Waals surface area contributed by atoms with Crippen LogP contribution in [-0.4, -0.2) is 4.57 Å². The standard InChI is InChI=1S/C55H37NS/c1-5-15-36(16-6-1)38-25-31-50-46(33-38)47-34-39(37-17-7-2-8-18-37)26-32-51(47)56(50)42-27-28-45-49(35-42)55(40-19-9-3-10-20-40,41-21-11-4-12-22-41)48-30-29-44-43-23-13-14-24-52(43)57-54(44)53(45)48/h1-27,29-35,45H,28H2. The minimum Gasteiger partial charge on any atom is -0.310 e. The maximum absolute atomic E-state index is 2.57. The van der Waals surface area contributed by atoms with E-state index in [1.165, 1.54) is 97.8 Å². The quantitative estimate of drug-likeness (QED) is 0.165. The predicted octanol–water partition coefficient (Wildman–Crippen LogP) is 14.8. The summed E-state index contributed by atoms with van der Waals surface area (Å²) in [7, 11) is 0. The summed E-state index contributed by atoms with van der Waals surface area (Å²) in [6.07, 6.45) is 6.02. The summed E-state index contributed by atoms with van der Waals surface area (Å²) in [5.41, 5.74) is 15.1. The average Bonchev–Trinajstić information content (AvgIpc) is 3.93. The van der Waals surface area contributed by atoms with Gasteiger partial charge >= 0.3 is 0 Å². The molecule has 0 bridgehead atoms. The first-order valence-corrected chi connectivity index (χ1v) is 20.8. The highest BCUT2D eigenvalue weighted by molar-refractivity contribution is 7.26. The summed E-state index contributed by atoms with van der Waals surface area (Å²) in [5, 5.41) is 5.25. The summed E-state index contributed by atoms with van der Waals surface area (Å²) in [5.74, 6) is 0.239. The normalized spacial score (nSPS) is 15.8. The molecule has 2 heterocycles. The first-order chi connectivity index (χ1) is 28.3. The Hall–Kier alpha value is -6.74. The molecule has 2 heteroatoms. The van der Waals surface area contributed by atoms with Crippen LogP contribution in [0.5, 0.6) is 0 Å². The smallest absolute Gasteiger partial charge is 0.0674 e. The lowest BCUT2D eigenvalue weighted by Gasteiger charge is -2.36. The zero-order chi connectivity index (χ0) is 37.5. The molecule has 12 rings (SSSR count). The average molecular weight is 744 g/mol. The second-order valence-corrected chi connectivity index (χ2v) is 16.6. The number of nitrogens with zero attached hydrogens (tertiary/aromatic N) is 1. The van der Waals surface area contributed by atoms with Gasteiger partial charge < -0.3 is 4.57 Å². The molecule has 8 aromatic carbocycles. The molecule has 2 aromatic heterocycles. The van der Waals surface area contributed by atoms with Gasteiger partial charge in [0.05, 0.1) is 16.4 Å². The molecule has 2 aliphatic carbocycles. The van der Waals surface area contributed by atoms with Gasteiger partial charge in [0.25, 0.3) is 0 Å². The lowest BCUT2D eigenvalue weighted by atomic mass is 9.66. The highest BCUT2D eigenvalue weighted by Gasteiger charge is 2.52. The number of rotatable bonds is 5. The molecule has 0 saturated heterocycles. The zero-order valence-corrected chi connectivity index (χ0v) is 32.1. The molecule has 1 nitrogen and oxygen atoms in total. The Morgan fingerprint density at radius 2 is 1.02 bits per heavy atom. The number of hydrogen-bond donors (Lipinski definition) is 0. The van der Waals surface area contributed by atoms with Crippen LogP contribution in [0, 0.1) is 0 Å². The molecule has 57 heavy (non-hydrogen) atoms. The summed E-state index contributed by atoms with van der Waals surface area (Å²) in [4.78, 5) is 0. The first kappa shape index (κ1) is 32.5. The van der Waals surface area contributed by atoms with Crippen LogP contribution in [0.15, 0.2) is 212 Å². The van der Waals surface area contributed by atoms with Crippen LogP contribution in [0.3, 0.4) is 0 Å². The molecule has 0 saturated carbocycles. The Balaban J connectivity index is 1.14. The fourth-order valence-corrected chi connectivity index (χ4v) is 11.5. The van der Waals surface area contributed by atoms with Crippen molar-refractivity contribution in [3.8, 4) is 22.3 Å². The highest BCUT2D eigenvalue weighted by Crippen LogP contribution is 2.62. The number of hydrogen-bond acceptors (Lipinski definition) is 1. The maximum Gasteiger partial charge on any atom is 0.0674 e. The molecule has 0 aliphatic heterocycles. The molecule has 0 spiro atoms. The molecule has 0 N–H and O–H groups in total. The zero-order valence-electron chi connectivity index (χ0n) is 31.3. The van der Waals surface area contributed by atoms with E-state index in [1.807, 2.05) is 11.3 Å². The van der Waals surface area contributed by atoms with Crippen molar-refractivity contribution in [2.75, 3.05) is 0 Å². The Morgan fingerprint density at radius 3 is 1.61 bits per heavy atom. The monoisotopic (exact) mass is 743 g/mol.